The molecule has 0 bridgehead atoms. The van der Waals surface area contributed by atoms with Crippen LogP contribution < -0.4 is 0 Å². The summed E-state index contributed by atoms with van der Waals surface area (Å²) >= 11 is 0. The molecule has 0 radical (unpaired) electrons. The van der Waals surface area contributed by atoms with E-state index in [1.165, 1.54) is 21.0 Å². The van der Waals surface area contributed by atoms with Gasteiger partial charge in [0, 0.05) is 27.7 Å². The summed E-state index contributed by atoms with van der Waals surface area (Å²) in [7, 11) is 1.26. The van der Waals surface area contributed by atoms with E-state index in [0.717, 1.165) is 13.8 Å². The minimum Gasteiger partial charge on any atom is -0.469 e. The van der Waals surface area contributed by atoms with Crippen molar-refractivity contribution in [1.29, 1.82) is 0 Å². The molecule has 0 aromatic carbocycles. The van der Waals surface area contributed by atoms with E-state index < -0.39 is 60.4 Å². The molecule has 1 fully saturated rings. The van der Waals surface area contributed by atoms with Gasteiger partial charge in [0.15, 0.2) is 18.3 Å². The lowest BCUT2D eigenvalue weighted by Gasteiger charge is -2.44. The van der Waals surface area contributed by atoms with E-state index in [9.17, 15) is 24.0 Å². The molecule has 0 unspecified atom stereocenters. The largest absolute Gasteiger partial charge is 0.469 e. The van der Waals surface area contributed by atoms with Crippen molar-refractivity contribution in [3.05, 3.63) is 12.2 Å². The first-order chi connectivity index (χ1) is 14.5. The number of methoxy groups -OCH3 is 1. The molecule has 0 N–H and O–H groups in total. The summed E-state index contributed by atoms with van der Waals surface area (Å²) in [5, 5.41) is 0. The van der Waals surface area contributed by atoms with Crippen LogP contribution in [0.25, 0.3) is 0 Å². The number of rotatable bonds is 9. The van der Waals surface area contributed by atoms with Gasteiger partial charge < -0.3 is 28.4 Å². The third-order valence-corrected chi connectivity index (χ3v) is 4.13. The molecule has 0 amide bonds. The van der Waals surface area contributed by atoms with Crippen LogP contribution in [0, 0.1) is 0 Å². The van der Waals surface area contributed by atoms with Crippen molar-refractivity contribution in [2.75, 3.05) is 13.7 Å². The molecule has 5 atom stereocenters. The Balaban J connectivity index is 3.22. The van der Waals surface area contributed by atoms with Gasteiger partial charge in [-0.3, -0.25) is 24.0 Å². The Morgan fingerprint density at radius 1 is 0.742 bits per heavy atom. The number of carbonyl (C=O) groups excluding carboxylic acids is 5. The maximum absolute atomic E-state index is 11.7. The van der Waals surface area contributed by atoms with Crippen LogP contribution in [0.5, 0.6) is 0 Å². The Labute approximate surface area is 179 Å². The highest BCUT2D eigenvalue weighted by molar-refractivity contribution is 5.71. The van der Waals surface area contributed by atoms with E-state index in [-0.39, 0.29) is 19.4 Å². The highest BCUT2D eigenvalue weighted by Crippen LogP contribution is 2.31. The molecule has 1 saturated heterocycles. The Hall–Kier alpha value is -2.95. The van der Waals surface area contributed by atoms with Gasteiger partial charge in [0.05, 0.1) is 13.5 Å². The van der Waals surface area contributed by atoms with Gasteiger partial charge in [-0.05, 0) is 6.42 Å². The first-order valence-electron chi connectivity index (χ1n) is 9.57. The summed E-state index contributed by atoms with van der Waals surface area (Å²) < 4.78 is 31.4. The molecule has 1 heterocycles. The lowest BCUT2D eigenvalue weighted by Crippen LogP contribution is -2.62. The predicted molar refractivity (Wildman–Crippen MR) is 102 cm³/mol. The number of esters is 5. The summed E-state index contributed by atoms with van der Waals surface area (Å²) in [6, 6.07) is 0. The fraction of sp³-hybridized carbons (Fsp3) is 0.650. The average molecular weight is 444 g/mol. The van der Waals surface area contributed by atoms with Crippen molar-refractivity contribution in [3.8, 4) is 0 Å². The molecule has 0 saturated carbocycles. The van der Waals surface area contributed by atoms with Crippen LogP contribution in [0.3, 0.4) is 0 Å². The van der Waals surface area contributed by atoms with Crippen LogP contribution in [-0.4, -0.2) is 74.1 Å². The first-order valence-corrected chi connectivity index (χ1v) is 9.57. The maximum atomic E-state index is 11.7. The molecule has 31 heavy (non-hydrogen) atoms. The van der Waals surface area contributed by atoms with Gasteiger partial charge in [0.1, 0.15) is 18.8 Å². The van der Waals surface area contributed by atoms with Crippen molar-refractivity contribution in [3.63, 3.8) is 0 Å². The molecule has 1 aliphatic heterocycles. The van der Waals surface area contributed by atoms with Gasteiger partial charge in [-0.15, -0.1) is 0 Å². The van der Waals surface area contributed by atoms with Crippen LogP contribution in [0.2, 0.25) is 0 Å². The second-order valence-corrected chi connectivity index (χ2v) is 6.73. The molecule has 0 aromatic rings. The van der Waals surface area contributed by atoms with Crippen molar-refractivity contribution in [2.24, 2.45) is 0 Å². The van der Waals surface area contributed by atoms with Crippen LogP contribution in [0.15, 0.2) is 12.2 Å². The zero-order chi connectivity index (χ0) is 23.6. The highest BCUT2D eigenvalue weighted by atomic mass is 16.7. The second-order valence-electron chi connectivity index (χ2n) is 6.73. The van der Waals surface area contributed by atoms with E-state index in [1.54, 1.807) is 12.2 Å². The SMILES string of the molecule is COC(=O)C/C=C/C[C@H]1O[C@H](COC(C)=O)[C@@H](OC(C)=O)[C@H](OC(C)=O)[C@H]1OC(C)=O. The fourth-order valence-corrected chi connectivity index (χ4v) is 3.00. The maximum Gasteiger partial charge on any atom is 0.309 e. The third kappa shape index (κ3) is 9.16. The highest BCUT2D eigenvalue weighted by Gasteiger charge is 2.51. The summed E-state index contributed by atoms with van der Waals surface area (Å²) in [5.41, 5.74) is 0. The molecule has 0 aromatic heterocycles. The van der Waals surface area contributed by atoms with Crippen LogP contribution in [0.1, 0.15) is 40.5 Å². The number of ether oxygens (including phenoxy) is 6. The molecule has 1 aliphatic rings. The first kappa shape index (κ1) is 26.1. The second kappa shape index (κ2) is 12.7. The van der Waals surface area contributed by atoms with Crippen LogP contribution in [0.4, 0.5) is 0 Å². The van der Waals surface area contributed by atoms with Crippen LogP contribution >= 0.6 is 0 Å². The number of hydrogen-bond acceptors (Lipinski definition) is 11. The van der Waals surface area contributed by atoms with E-state index in [1.807, 2.05) is 0 Å². The molecular formula is C20H28O11. The van der Waals surface area contributed by atoms with E-state index in [2.05, 4.69) is 4.74 Å². The molecule has 0 spiro atoms. The lowest BCUT2D eigenvalue weighted by atomic mass is 9.92. The zero-order valence-electron chi connectivity index (χ0n) is 18.2. The van der Waals surface area contributed by atoms with Crippen LogP contribution in [-0.2, 0) is 52.4 Å². The summed E-state index contributed by atoms with van der Waals surface area (Å²) in [4.78, 5) is 57.6. The molecule has 11 heteroatoms. The van der Waals surface area contributed by atoms with Crippen molar-refractivity contribution in [2.45, 2.75) is 71.1 Å². The molecule has 1 rings (SSSR count). The van der Waals surface area contributed by atoms with E-state index in [4.69, 9.17) is 23.7 Å². The lowest BCUT2D eigenvalue weighted by molar-refractivity contribution is -0.251. The summed E-state index contributed by atoms with van der Waals surface area (Å²) in [5.74, 6) is -3.11. The zero-order valence-corrected chi connectivity index (χ0v) is 18.2. The standard InChI is InChI=1S/C20H28O11/c1-11(21)27-10-16-19(29-13(3)23)20(30-14(4)24)18(28-12(2)22)15(31-16)8-6-7-9-17(25)26-5/h6-7,15-16,18-20H,8-10H2,1-5H3/b7-6+/t15-,16-,18+,19-,20-/m1/s1. The Morgan fingerprint density at radius 2 is 1.26 bits per heavy atom. The van der Waals surface area contributed by atoms with Crippen molar-refractivity contribution >= 4 is 29.8 Å². The Kier molecular flexibility index (Phi) is 10.7. The predicted octanol–water partition coefficient (Wildman–Crippen LogP) is 0.621. The molecular weight excluding hydrogens is 416 g/mol. The molecule has 174 valence electrons. The third-order valence-electron chi connectivity index (χ3n) is 4.13. The fourth-order valence-electron chi connectivity index (χ4n) is 3.00. The molecule has 11 nitrogen and oxygen atoms in total. The monoisotopic (exact) mass is 444 g/mol. The smallest absolute Gasteiger partial charge is 0.309 e. The minimum atomic E-state index is -1.21. The van der Waals surface area contributed by atoms with E-state index in [0.29, 0.717) is 0 Å². The Morgan fingerprint density at radius 3 is 1.74 bits per heavy atom. The van der Waals surface area contributed by atoms with Gasteiger partial charge in [-0.2, -0.15) is 0 Å². The van der Waals surface area contributed by atoms with Gasteiger partial charge in [-0.1, -0.05) is 12.2 Å². The minimum absolute atomic E-state index is 0.0157. The average Bonchev–Trinajstić information content (AvgIpc) is 2.66. The van der Waals surface area contributed by atoms with E-state index >= 15 is 0 Å². The Bertz CT molecular complexity index is 699. The summed E-state index contributed by atoms with van der Waals surface area (Å²) in [6.07, 6.45) is -2.06. The topological polar surface area (TPSA) is 141 Å². The van der Waals surface area contributed by atoms with Gasteiger partial charge in [0.25, 0.3) is 0 Å². The quantitative estimate of drug-likeness (QED) is 0.281. The van der Waals surface area contributed by atoms with Gasteiger partial charge >= 0.3 is 29.8 Å². The molecule has 0 aliphatic carbocycles. The number of carbonyl (C=O) groups is 5. The summed E-state index contributed by atoms with van der Waals surface area (Å²) in [6.45, 7) is 4.37. The van der Waals surface area contributed by atoms with Crippen molar-refractivity contribution < 1.29 is 52.4 Å². The van der Waals surface area contributed by atoms with Crippen molar-refractivity contribution in [1.82, 2.24) is 0 Å². The van der Waals surface area contributed by atoms with Gasteiger partial charge in [-0.25, -0.2) is 0 Å². The number of hydrogen-bond donors (Lipinski definition) is 0. The normalized spacial score (nSPS) is 25.4. The van der Waals surface area contributed by atoms with Gasteiger partial charge in [0.2, 0.25) is 0 Å².